The Kier molecular flexibility index (Phi) is 4.89. The van der Waals surface area contributed by atoms with Crippen LogP contribution in [0.1, 0.15) is 30.3 Å². The summed E-state index contributed by atoms with van der Waals surface area (Å²) in [6.45, 7) is 3.54. The second-order valence-corrected chi connectivity index (χ2v) is 5.28. The van der Waals surface area contributed by atoms with Crippen molar-refractivity contribution in [3.63, 3.8) is 0 Å². The minimum absolute atomic E-state index is 0.0139. The smallest absolute Gasteiger partial charge is 0.274 e. The molecule has 0 aromatic carbocycles. The molecule has 0 atom stereocenters. The van der Waals surface area contributed by atoms with Crippen molar-refractivity contribution < 1.29 is 9.59 Å². The topological polar surface area (TPSA) is 75.2 Å². The molecule has 0 radical (unpaired) electrons. The molecule has 0 spiro atoms. The van der Waals surface area contributed by atoms with Gasteiger partial charge in [-0.1, -0.05) is 11.6 Å². The molecule has 1 N–H and O–H groups in total. The summed E-state index contributed by atoms with van der Waals surface area (Å²) in [5, 5.41) is 3.09. The van der Waals surface area contributed by atoms with Crippen molar-refractivity contribution in [3.8, 4) is 0 Å². The highest BCUT2D eigenvalue weighted by Gasteiger charge is 2.24. The first kappa shape index (κ1) is 14.7. The number of piperidine rings is 1. The van der Waals surface area contributed by atoms with Gasteiger partial charge in [-0.2, -0.15) is 0 Å². The average Bonchev–Trinajstić information content (AvgIpc) is 2.46. The van der Waals surface area contributed by atoms with E-state index >= 15 is 0 Å². The maximum atomic E-state index is 12.2. The molecule has 1 saturated heterocycles. The Bertz CT molecular complexity index is 484. The fourth-order valence-electron chi connectivity index (χ4n) is 2.21. The van der Waals surface area contributed by atoms with Crippen LogP contribution < -0.4 is 5.32 Å². The third-order valence-electron chi connectivity index (χ3n) is 3.38. The minimum atomic E-state index is -0.118. The van der Waals surface area contributed by atoms with E-state index in [4.69, 9.17) is 11.6 Å². The Morgan fingerprint density at radius 3 is 2.60 bits per heavy atom. The van der Waals surface area contributed by atoms with Crippen LogP contribution in [-0.4, -0.2) is 46.3 Å². The largest absolute Gasteiger partial charge is 0.356 e. The van der Waals surface area contributed by atoms with Crippen molar-refractivity contribution in [2.24, 2.45) is 5.92 Å². The molecule has 0 aliphatic carbocycles. The Labute approximate surface area is 122 Å². The van der Waals surface area contributed by atoms with Crippen LogP contribution in [0.3, 0.4) is 0 Å². The summed E-state index contributed by atoms with van der Waals surface area (Å²) in [6.07, 6.45) is 4.53. The molecule has 1 aromatic rings. The van der Waals surface area contributed by atoms with Crippen LogP contribution in [0.4, 0.5) is 0 Å². The monoisotopic (exact) mass is 296 g/mol. The van der Waals surface area contributed by atoms with Gasteiger partial charge in [-0.25, -0.2) is 9.97 Å². The number of halogens is 1. The van der Waals surface area contributed by atoms with Gasteiger partial charge in [-0.3, -0.25) is 9.59 Å². The molecule has 20 heavy (non-hydrogen) atoms. The van der Waals surface area contributed by atoms with Crippen LogP contribution >= 0.6 is 11.6 Å². The van der Waals surface area contributed by atoms with Crippen molar-refractivity contribution >= 4 is 23.4 Å². The van der Waals surface area contributed by atoms with Gasteiger partial charge in [0.2, 0.25) is 5.91 Å². The third kappa shape index (κ3) is 3.90. The number of hydrogen-bond donors (Lipinski definition) is 1. The first-order valence-corrected chi connectivity index (χ1v) is 6.95. The number of hydrogen-bond acceptors (Lipinski definition) is 4. The summed E-state index contributed by atoms with van der Waals surface area (Å²) >= 11 is 5.65. The molecule has 7 heteroatoms. The molecular formula is C13H17ClN4O2. The van der Waals surface area contributed by atoms with Crippen LogP contribution in [-0.2, 0) is 4.79 Å². The average molecular weight is 297 g/mol. The van der Waals surface area contributed by atoms with Gasteiger partial charge in [0.25, 0.3) is 5.91 Å². The summed E-state index contributed by atoms with van der Waals surface area (Å²) in [6, 6.07) is 0. The molecule has 1 aromatic heterocycles. The van der Waals surface area contributed by atoms with Crippen molar-refractivity contribution in [1.82, 2.24) is 20.2 Å². The Balaban J connectivity index is 1.85. The fourth-order valence-corrected chi connectivity index (χ4v) is 2.31. The Morgan fingerprint density at radius 2 is 2.05 bits per heavy atom. The number of rotatable bonds is 3. The maximum Gasteiger partial charge on any atom is 0.274 e. The van der Waals surface area contributed by atoms with E-state index in [9.17, 15) is 9.59 Å². The lowest BCUT2D eigenvalue weighted by Gasteiger charge is -2.31. The molecule has 2 rings (SSSR count). The molecule has 0 unspecified atom stereocenters. The van der Waals surface area contributed by atoms with Crippen molar-refractivity contribution in [1.29, 1.82) is 0 Å². The number of carbonyl (C=O) groups excluding carboxylic acids is 2. The maximum absolute atomic E-state index is 12.2. The van der Waals surface area contributed by atoms with E-state index in [1.54, 1.807) is 4.90 Å². The van der Waals surface area contributed by atoms with Gasteiger partial charge in [0.05, 0.1) is 12.4 Å². The van der Waals surface area contributed by atoms with Crippen LogP contribution in [0.25, 0.3) is 0 Å². The highest BCUT2D eigenvalue weighted by molar-refractivity contribution is 6.29. The Morgan fingerprint density at radius 1 is 1.35 bits per heavy atom. The predicted octanol–water partition coefficient (Wildman–Crippen LogP) is 1.12. The second-order valence-electron chi connectivity index (χ2n) is 4.90. The molecule has 1 aliphatic heterocycles. The molecule has 2 amide bonds. The molecule has 108 valence electrons. The van der Waals surface area contributed by atoms with E-state index in [1.165, 1.54) is 19.3 Å². The number of aromatic nitrogens is 2. The van der Waals surface area contributed by atoms with Crippen LogP contribution in [0.2, 0.25) is 5.15 Å². The summed E-state index contributed by atoms with van der Waals surface area (Å²) in [7, 11) is 0. The van der Waals surface area contributed by atoms with Gasteiger partial charge in [0, 0.05) is 26.6 Å². The lowest BCUT2D eigenvalue weighted by molar-refractivity contribution is -0.119. The van der Waals surface area contributed by atoms with E-state index in [0.717, 1.165) is 12.8 Å². The number of carbonyl (C=O) groups is 2. The highest BCUT2D eigenvalue weighted by Crippen LogP contribution is 2.18. The van der Waals surface area contributed by atoms with E-state index in [-0.39, 0.29) is 17.0 Å². The third-order valence-corrected chi connectivity index (χ3v) is 3.58. The van der Waals surface area contributed by atoms with Gasteiger partial charge in [0.1, 0.15) is 10.8 Å². The van der Waals surface area contributed by atoms with E-state index in [2.05, 4.69) is 15.3 Å². The van der Waals surface area contributed by atoms with Crippen LogP contribution in [0.15, 0.2) is 12.4 Å². The number of nitrogens with zero attached hydrogens (tertiary/aromatic N) is 3. The number of likely N-dealkylation sites (tertiary alicyclic amines) is 1. The van der Waals surface area contributed by atoms with Crippen molar-refractivity contribution in [2.75, 3.05) is 19.6 Å². The van der Waals surface area contributed by atoms with E-state index in [1.807, 2.05) is 0 Å². The first-order valence-electron chi connectivity index (χ1n) is 6.57. The molecule has 1 aliphatic rings. The number of nitrogens with one attached hydrogen (secondary N) is 1. The zero-order valence-electron chi connectivity index (χ0n) is 11.3. The minimum Gasteiger partial charge on any atom is -0.356 e. The molecule has 2 heterocycles. The zero-order valence-corrected chi connectivity index (χ0v) is 12.1. The standard InChI is InChI=1S/C13H17ClN4O2/c1-9(19)15-6-10-2-4-18(5-3-10)13(20)11-7-17-12(14)8-16-11/h7-8,10H,2-6H2,1H3,(H,15,19). The Hall–Kier alpha value is -1.69. The van der Waals surface area contributed by atoms with Crippen molar-refractivity contribution in [3.05, 3.63) is 23.2 Å². The van der Waals surface area contributed by atoms with Gasteiger partial charge >= 0.3 is 0 Å². The van der Waals surface area contributed by atoms with Crippen LogP contribution in [0, 0.1) is 5.92 Å². The predicted molar refractivity (Wildman–Crippen MR) is 74.4 cm³/mol. The van der Waals surface area contributed by atoms with Gasteiger partial charge < -0.3 is 10.2 Å². The first-order chi connectivity index (χ1) is 9.56. The van der Waals surface area contributed by atoms with Crippen LogP contribution in [0.5, 0.6) is 0 Å². The summed E-state index contributed by atoms with van der Waals surface area (Å²) in [5.74, 6) is 0.298. The molecule has 0 bridgehead atoms. The highest BCUT2D eigenvalue weighted by atomic mass is 35.5. The molecular weight excluding hydrogens is 280 g/mol. The zero-order chi connectivity index (χ0) is 14.5. The lowest BCUT2D eigenvalue weighted by atomic mass is 9.96. The summed E-state index contributed by atoms with van der Waals surface area (Å²) in [4.78, 5) is 32.7. The van der Waals surface area contributed by atoms with Gasteiger partial charge in [-0.05, 0) is 18.8 Å². The fraction of sp³-hybridized carbons (Fsp3) is 0.538. The van der Waals surface area contributed by atoms with Gasteiger partial charge in [-0.15, -0.1) is 0 Å². The number of amides is 2. The van der Waals surface area contributed by atoms with Crippen molar-refractivity contribution in [2.45, 2.75) is 19.8 Å². The van der Waals surface area contributed by atoms with E-state index in [0.29, 0.717) is 31.2 Å². The normalized spacial score (nSPS) is 16.0. The lowest BCUT2D eigenvalue weighted by Crippen LogP contribution is -2.41. The van der Waals surface area contributed by atoms with E-state index < -0.39 is 0 Å². The molecule has 1 fully saturated rings. The summed E-state index contributed by atoms with van der Waals surface area (Å²) < 4.78 is 0. The summed E-state index contributed by atoms with van der Waals surface area (Å²) in [5.41, 5.74) is 0.315. The quantitative estimate of drug-likeness (QED) is 0.907. The SMILES string of the molecule is CC(=O)NCC1CCN(C(=O)c2cnc(Cl)cn2)CC1. The van der Waals surface area contributed by atoms with Gasteiger partial charge in [0.15, 0.2) is 0 Å². The molecule has 6 nitrogen and oxygen atoms in total. The second kappa shape index (κ2) is 6.65. The molecule has 0 saturated carbocycles.